The third-order valence-electron chi connectivity index (χ3n) is 1.86. The molecule has 0 aliphatic heterocycles. The van der Waals surface area contributed by atoms with Crippen LogP contribution in [0.25, 0.3) is 0 Å². The summed E-state index contributed by atoms with van der Waals surface area (Å²) in [4.78, 5) is 19.0. The molecule has 0 bridgehead atoms. The van der Waals surface area contributed by atoms with Crippen molar-refractivity contribution in [2.75, 3.05) is 17.2 Å². The molecule has 0 radical (unpaired) electrons. The van der Waals surface area contributed by atoms with Crippen LogP contribution < -0.4 is 16.4 Å². The fourth-order valence-electron chi connectivity index (χ4n) is 0.988. The zero-order valence-corrected chi connectivity index (χ0v) is 9.88. The Balaban J connectivity index is 2.85. The van der Waals surface area contributed by atoms with Gasteiger partial charge in [-0.05, 0) is 13.8 Å². The largest absolute Gasteiger partial charge is 0.368 e. The van der Waals surface area contributed by atoms with Gasteiger partial charge in [0.05, 0.1) is 6.20 Å². The molecule has 7 heteroatoms. The van der Waals surface area contributed by atoms with Gasteiger partial charge in [0.2, 0.25) is 11.9 Å². The Hall–Kier alpha value is -1.56. The van der Waals surface area contributed by atoms with Crippen molar-refractivity contribution in [2.24, 2.45) is 5.73 Å². The second-order valence-electron chi connectivity index (χ2n) is 3.19. The maximum Gasteiger partial charge on any atom is 0.239 e. The molecule has 16 heavy (non-hydrogen) atoms. The average Bonchev–Trinajstić information content (AvgIpc) is 2.23. The van der Waals surface area contributed by atoms with E-state index in [1.807, 2.05) is 6.92 Å². The quantitative estimate of drug-likeness (QED) is 0.713. The fraction of sp³-hybridized carbons (Fsp3) is 0.444. The first-order valence-corrected chi connectivity index (χ1v) is 5.24. The minimum Gasteiger partial charge on any atom is -0.368 e. The van der Waals surface area contributed by atoms with Gasteiger partial charge in [-0.15, -0.1) is 0 Å². The fourth-order valence-corrected chi connectivity index (χ4v) is 1.13. The summed E-state index contributed by atoms with van der Waals surface area (Å²) in [6, 6.07) is -0.540. The molecule has 0 saturated carbocycles. The molecule has 1 aromatic rings. The summed E-state index contributed by atoms with van der Waals surface area (Å²) in [6.07, 6.45) is 1.46. The lowest BCUT2D eigenvalue weighted by Crippen LogP contribution is -2.33. The van der Waals surface area contributed by atoms with Crippen LogP contribution in [0.15, 0.2) is 6.20 Å². The van der Waals surface area contributed by atoms with Crippen molar-refractivity contribution < 1.29 is 4.79 Å². The van der Waals surface area contributed by atoms with Gasteiger partial charge < -0.3 is 16.4 Å². The van der Waals surface area contributed by atoms with E-state index in [-0.39, 0.29) is 0 Å². The number of halogens is 1. The van der Waals surface area contributed by atoms with Crippen LogP contribution in [0.3, 0.4) is 0 Å². The van der Waals surface area contributed by atoms with Gasteiger partial charge in [-0.1, -0.05) is 11.6 Å². The van der Waals surface area contributed by atoms with Gasteiger partial charge in [-0.25, -0.2) is 4.98 Å². The predicted octanol–water partition coefficient (Wildman–Crippen LogP) is 0.847. The highest BCUT2D eigenvalue weighted by Crippen LogP contribution is 2.19. The molecule has 1 atom stereocenters. The Morgan fingerprint density at radius 3 is 2.94 bits per heavy atom. The molecule has 4 N–H and O–H groups in total. The number of nitrogens with one attached hydrogen (secondary N) is 2. The van der Waals surface area contributed by atoms with Crippen molar-refractivity contribution in [1.29, 1.82) is 0 Å². The summed E-state index contributed by atoms with van der Waals surface area (Å²) >= 11 is 5.88. The molecule has 1 aromatic heterocycles. The first-order chi connectivity index (χ1) is 7.54. The Morgan fingerprint density at radius 2 is 2.38 bits per heavy atom. The van der Waals surface area contributed by atoms with Crippen molar-refractivity contribution in [1.82, 2.24) is 9.97 Å². The van der Waals surface area contributed by atoms with Crippen LogP contribution in [0.5, 0.6) is 0 Å². The molecule has 0 aromatic carbocycles. The molecular formula is C9H14ClN5O. The minimum atomic E-state index is -0.540. The summed E-state index contributed by atoms with van der Waals surface area (Å²) < 4.78 is 0. The SMILES string of the molecule is CCNc1ncc(Cl)c(NC(C)C(N)=O)n1. The molecule has 0 saturated heterocycles. The number of amides is 1. The standard InChI is InChI=1S/C9H14ClN5O/c1-3-12-9-13-4-6(10)8(15-9)14-5(2)7(11)16/h4-5H,3H2,1-2H3,(H2,11,16)(H2,12,13,14,15). The molecule has 88 valence electrons. The van der Waals surface area contributed by atoms with Gasteiger partial charge in [0.25, 0.3) is 0 Å². The summed E-state index contributed by atoms with van der Waals surface area (Å²) in [5, 5.41) is 6.09. The topological polar surface area (TPSA) is 92.9 Å². The molecule has 0 aliphatic carbocycles. The van der Waals surface area contributed by atoms with Crippen LogP contribution in [-0.2, 0) is 4.79 Å². The maximum atomic E-state index is 10.9. The lowest BCUT2D eigenvalue weighted by Gasteiger charge is -2.12. The van der Waals surface area contributed by atoms with Crippen LogP contribution in [0.1, 0.15) is 13.8 Å². The van der Waals surface area contributed by atoms with Crippen molar-refractivity contribution in [3.63, 3.8) is 0 Å². The highest BCUT2D eigenvalue weighted by atomic mass is 35.5. The second kappa shape index (κ2) is 5.50. The van der Waals surface area contributed by atoms with Crippen molar-refractivity contribution in [3.8, 4) is 0 Å². The highest BCUT2D eigenvalue weighted by Gasteiger charge is 2.12. The highest BCUT2D eigenvalue weighted by molar-refractivity contribution is 6.32. The smallest absolute Gasteiger partial charge is 0.239 e. The second-order valence-corrected chi connectivity index (χ2v) is 3.60. The molecule has 1 amide bonds. The lowest BCUT2D eigenvalue weighted by atomic mass is 10.3. The lowest BCUT2D eigenvalue weighted by molar-refractivity contribution is -0.118. The zero-order chi connectivity index (χ0) is 12.1. The molecule has 1 rings (SSSR count). The summed E-state index contributed by atoms with van der Waals surface area (Å²) in [5.74, 6) is 0.365. The van der Waals surface area contributed by atoms with Crippen molar-refractivity contribution >= 4 is 29.3 Å². The summed E-state index contributed by atoms with van der Waals surface area (Å²) in [7, 11) is 0. The number of carbonyl (C=O) groups excluding carboxylic acids is 1. The van der Waals surface area contributed by atoms with E-state index in [0.29, 0.717) is 23.3 Å². The van der Waals surface area contributed by atoms with E-state index in [1.165, 1.54) is 6.20 Å². The normalized spacial score (nSPS) is 11.9. The monoisotopic (exact) mass is 243 g/mol. The Kier molecular flexibility index (Phi) is 4.30. The van der Waals surface area contributed by atoms with E-state index in [9.17, 15) is 4.79 Å². The van der Waals surface area contributed by atoms with E-state index >= 15 is 0 Å². The molecule has 0 aliphatic rings. The average molecular weight is 244 g/mol. The van der Waals surface area contributed by atoms with Crippen LogP contribution in [0.4, 0.5) is 11.8 Å². The van der Waals surface area contributed by atoms with E-state index in [1.54, 1.807) is 6.92 Å². The van der Waals surface area contributed by atoms with E-state index < -0.39 is 11.9 Å². The molecule has 1 unspecified atom stereocenters. The van der Waals surface area contributed by atoms with Crippen LogP contribution in [0.2, 0.25) is 5.02 Å². The van der Waals surface area contributed by atoms with E-state index in [2.05, 4.69) is 20.6 Å². The predicted molar refractivity (Wildman–Crippen MR) is 63.5 cm³/mol. The van der Waals surface area contributed by atoms with Gasteiger partial charge >= 0.3 is 0 Å². The van der Waals surface area contributed by atoms with Crippen LogP contribution in [0, 0.1) is 0 Å². The number of primary amides is 1. The summed E-state index contributed by atoms with van der Waals surface area (Å²) in [6.45, 7) is 4.26. The van der Waals surface area contributed by atoms with Crippen LogP contribution in [-0.4, -0.2) is 28.5 Å². The molecule has 1 heterocycles. The summed E-state index contributed by atoms with van der Waals surface area (Å²) in [5.41, 5.74) is 5.13. The molecule has 0 fully saturated rings. The number of aromatic nitrogens is 2. The van der Waals surface area contributed by atoms with E-state index in [0.717, 1.165) is 0 Å². The zero-order valence-electron chi connectivity index (χ0n) is 9.12. The Bertz CT molecular complexity index is 384. The minimum absolute atomic E-state index is 0.342. The van der Waals surface area contributed by atoms with Crippen LogP contribution >= 0.6 is 11.6 Å². The number of hydrogen-bond acceptors (Lipinski definition) is 5. The van der Waals surface area contributed by atoms with Crippen molar-refractivity contribution in [3.05, 3.63) is 11.2 Å². The van der Waals surface area contributed by atoms with Gasteiger partial charge in [0.15, 0.2) is 5.82 Å². The Morgan fingerprint density at radius 1 is 1.69 bits per heavy atom. The van der Waals surface area contributed by atoms with Gasteiger partial charge in [0, 0.05) is 6.54 Å². The number of anilines is 2. The number of nitrogens with two attached hydrogens (primary N) is 1. The number of carbonyl (C=O) groups is 1. The number of rotatable bonds is 5. The number of nitrogens with zero attached hydrogens (tertiary/aromatic N) is 2. The van der Waals surface area contributed by atoms with Gasteiger partial charge in [-0.2, -0.15) is 4.98 Å². The molecular weight excluding hydrogens is 230 g/mol. The first kappa shape index (κ1) is 12.5. The third-order valence-corrected chi connectivity index (χ3v) is 2.14. The Labute approximate surface area is 98.6 Å². The molecule has 6 nitrogen and oxygen atoms in total. The maximum absolute atomic E-state index is 10.9. The van der Waals surface area contributed by atoms with Crippen molar-refractivity contribution in [2.45, 2.75) is 19.9 Å². The number of hydrogen-bond donors (Lipinski definition) is 3. The molecule has 0 spiro atoms. The van der Waals surface area contributed by atoms with Gasteiger partial charge in [-0.3, -0.25) is 4.79 Å². The third kappa shape index (κ3) is 3.23. The first-order valence-electron chi connectivity index (χ1n) is 4.86. The van der Waals surface area contributed by atoms with Gasteiger partial charge in [0.1, 0.15) is 11.1 Å². The van der Waals surface area contributed by atoms with E-state index in [4.69, 9.17) is 17.3 Å².